The number of hydrogen-bond acceptors (Lipinski definition) is 3. The van der Waals surface area contributed by atoms with Gasteiger partial charge in [0.25, 0.3) is 0 Å². The summed E-state index contributed by atoms with van der Waals surface area (Å²) in [6.45, 7) is 7.61. The predicted octanol–water partition coefficient (Wildman–Crippen LogP) is 6.11. The second kappa shape index (κ2) is 8.48. The van der Waals surface area contributed by atoms with E-state index in [2.05, 4.69) is 57.1 Å². The lowest BCUT2D eigenvalue weighted by molar-refractivity contribution is 0.204. The van der Waals surface area contributed by atoms with E-state index in [0.29, 0.717) is 11.8 Å². The molecule has 31 heavy (non-hydrogen) atoms. The molecule has 0 radical (unpaired) electrons. The molecule has 1 aromatic carbocycles. The molecule has 5 rings (SSSR count). The van der Waals surface area contributed by atoms with Crippen molar-refractivity contribution in [3.8, 4) is 11.3 Å². The summed E-state index contributed by atoms with van der Waals surface area (Å²) in [6.07, 6.45) is 9.75. The number of fused-ring (bicyclic) bond motifs is 1. The van der Waals surface area contributed by atoms with Gasteiger partial charge in [0.15, 0.2) is 0 Å². The first-order valence-corrected chi connectivity index (χ1v) is 11.4. The minimum atomic E-state index is 0.431. The van der Waals surface area contributed by atoms with Gasteiger partial charge < -0.3 is 4.98 Å². The largest absolute Gasteiger partial charge is 0.354 e. The van der Waals surface area contributed by atoms with Crippen molar-refractivity contribution in [2.45, 2.75) is 45.1 Å². The van der Waals surface area contributed by atoms with Crippen LogP contribution in [0.3, 0.4) is 0 Å². The van der Waals surface area contributed by atoms with Gasteiger partial charge in [0.2, 0.25) is 0 Å². The molecule has 3 aromatic heterocycles. The van der Waals surface area contributed by atoms with E-state index in [1.807, 2.05) is 24.7 Å². The van der Waals surface area contributed by atoms with Crippen LogP contribution in [0.2, 0.25) is 5.02 Å². The third kappa shape index (κ3) is 4.00. The molecule has 0 atom stereocenters. The number of benzene rings is 1. The summed E-state index contributed by atoms with van der Waals surface area (Å²) in [7, 11) is 0. The van der Waals surface area contributed by atoms with Crippen LogP contribution in [0.5, 0.6) is 0 Å². The van der Waals surface area contributed by atoms with Crippen molar-refractivity contribution in [1.29, 1.82) is 0 Å². The molecular weight excluding hydrogens is 406 g/mol. The lowest BCUT2D eigenvalue weighted by atomic mass is 9.87. The summed E-state index contributed by atoms with van der Waals surface area (Å²) in [5.74, 6) is 1.03. The van der Waals surface area contributed by atoms with Gasteiger partial charge in [-0.25, -0.2) is 0 Å². The normalized spacial score (nSPS) is 15.9. The Labute approximate surface area is 187 Å². The zero-order valence-corrected chi connectivity index (χ0v) is 18.8. The van der Waals surface area contributed by atoms with Crippen LogP contribution in [0.25, 0.3) is 22.2 Å². The fourth-order valence-electron chi connectivity index (χ4n) is 4.90. The fourth-order valence-corrected chi connectivity index (χ4v) is 5.08. The third-order valence-corrected chi connectivity index (χ3v) is 6.88. The Hall–Kier alpha value is -2.63. The van der Waals surface area contributed by atoms with E-state index in [1.54, 1.807) is 6.20 Å². The van der Waals surface area contributed by atoms with Gasteiger partial charge in [0.1, 0.15) is 0 Å². The fraction of sp³-hybridized carbons (Fsp3) is 0.360. The molecule has 4 heterocycles. The number of piperidine rings is 1. The average molecular weight is 434 g/mol. The Morgan fingerprint density at radius 3 is 2.71 bits per heavy atom. The molecule has 160 valence electrons. The third-order valence-electron chi connectivity index (χ3n) is 6.54. The van der Waals surface area contributed by atoms with Gasteiger partial charge in [-0.1, -0.05) is 31.5 Å². The number of halogens is 1. The van der Waals surface area contributed by atoms with E-state index in [-0.39, 0.29) is 0 Å². The van der Waals surface area contributed by atoms with Crippen LogP contribution >= 0.6 is 11.6 Å². The monoisotopic (exact) mass is 433 g/mol. The lowest BCUT2D eigenvalue weighted by Gasteiger charge is -2.32. The van der Waals surface area contributed by atoms with Gasteiger partial charge in [-0.2, -0.15) is 5.10 Å². The van der Waals surface area contributed by atoms with Crippen LogP contribution in [0.15, 0.2) is 49.1 Å². The smallest absolute Gasteiger partial charge is 0.0634 e. The number of aromatic nitrogens is 4. The first kappa shape index (κ1) is 20.3. The summed E-state index contributed by atoms with van der Waals surface area (Å²) in [5.41, 5.74) is 7.49. The van der Waals surface area contributed by atoms with Crippen molar-refractivity contribution >= 4 is 22.5 Å². The molecular formula is C25H28ClN5. The van der Waals surface area contributed by atoms with Gasteiger partial charge in [-0.15, -0.1) is 0 Å². The Balaban J connectivity index is 1.36. The number of nitrogens with one attached hydrogen (secondary N) is 2. The van der Waals surface area contributed by atoms with Crippen molar-refractivity contribution in [3.05, 3.63) is 70.8 Å². The van der Waals surface area contributed by atoms with Crippen LogP contribution in [-0.4, -0.2) is 38.2 Å². The number of aromatic amines is 2. The molecule has 1 aliphatic rings. The molecule has 0 aliphatic carbocycles. The molecule has 0 amide bonds. The molecule has 4 aromatic rings. The zero-order valence-electron chi connectivity index (χ0n) is 18.0. The molecule has 2 N–H and O–H groups in total. The highest BCUT2D eigenvalue weighted by atomic mass is 35.5. The van der Waals surface area contributed by atoms with E-state index < -0.39 is 0 Å². The minimum absolute atomic E-state index is 0.431. The maximum absolute atomic E-state index is 6.30. The van der Waals surface area contributed by atoms with Crippen LogP contribution in [0, 0.1) is 0 Å². The Morgan fingerprint density at radius 2 is 2.00 bits per heavy atom. The number of hydrogen-bond donors (Lipinski definition) is 2. The van der Waals surface area contributed by atoms with E-state index in [4.69, 9.17) is 11.6 Å². The standard InChI is InChI=1S/C25H28ClN5/c1-16(2)24-21-11-18(3-4-23(21)30-25(24)20-12-28-29-13-20)17-6-9-31(10-7-17)15-19-5-8-27-14-22(19)26/h3-5,8,11-14,16-17,30H,6-7,9-10,15H2,1-2H3,(H,28,29). The van der Waals surface area contributed by atoms with Gasteiger partial charge in [0, 0.05) is 41.6 Å². The van der Waals surface area contributed by atoms with E-state index in [0.717, 1.165) is 35.8 Å². The topological polar surface area (TPSA) is 60.6 Å². The van der Waals surface area contributed by atoms with Crippen molar-refractivity contribution in [2.75, 3.05) is 13.1 Å². The molecule has 1 saturated heterocycles. The molecule has 1 aliphatic heterocycles. The van der Waals surface area contributed by atoms with E-state index in [1.165, 1.54) is 40.6 Å². The SMILES string of the molecule is CC(C)c1c(-c2cn[nH]c2)[nH]c2ccc(C3CCN(Cc4ccncc4Cl)CC3)cc12. The van der Waals surface area contributed by atoms with Gasteiger partial charge in [0.05, 0.1) is 16.9 Å². The Kier molecular flexibility index (Phi) is 5.55. The summed E-state index contributed by atoms with van der Waals surface area (Å²) < 4.78 is 0. The molecule has 0 unspecified atom stereocenters. The van der Waals surface area contributed by atoms with Crippen LogP contribution < -0.4 is 0 Å². The Morgan fingerprint density at radius 1 is 1.16 bits per heavy atom. The predicted molar refractivity (Wildman–Crippen MR) is 126 cm³/mol. The second-order valence-electron chi connectivity index (χ2n) is 8.88. The van der Waals surface area contributed by atoms with Crippen LogP contribution in [0.4, 0.5) is 0 Å². The van der Waals surface area contributed by atoms with Crippen LogP contribution in [-0.2, 0) is 6.54 Å². The lowest BCUT2D eigenvalue weighted by Crippen LogP contribution is -2.32. The van der Waals surface area contributed by atoms with E-state index in [9.17, 15) is 0 Å². The Bertz CT molecular complexity index is 1170. The van der Waals surface area contributed by atoms with Gasteiger partial charge >= 0.3 is 0 Å². The molecule has 0 bridgehead atoms. The summed E-state index contributed by atoms with van der Waals surface area (Å²) >= 11 is 6.30. The summed E-state index contributed by atoms with van der Waals surface area (Å²) in [4.78, 5) is 10.2. The second-order valence-corrected chi connectivity index (χ2v) is 9.29. The zero-order chi connectivity index (χ0) is 21.4. The van der Waals surface area contributed by atoms with Crippen molar-refractivity contribution in [1.82, 2.24) is 25.1 Å². The maximum atomic E-state index is 6.30. The van der Waals surface area contributed by atoms with Gasteiger partial charge in [-0.05, 0) is 72.7 Å². The number of nitrogens with zero attached hydrogens (tertiary/aromatic N) is 3. The average Bonchev–Trinajstić information content (AvgIpc) is 3.43. The number of pyridine rings is 1. The maximum Gasteiger partial charge on any atom is 0.0634 e. The van der Waals surface area contributed by atoms with Crippen molar-refractivity contribution in [2.24, 2.45) is 0 Å². The van der Waals surface area contributed by atoms with Crippen molar-refractivity contribution < 1.29 is 0 Å². The number of likely N-dealkylation sites (tertiary alicyclic amines) is 1. The van der Waals surface area contributed by atoms with Crippen LogP contribution in [0.1, 0.15) is 55.2 Å². The first-order chi connectivity index (χ1) is 15.1. The van der Waals surface area contributed by atoms with Gasteiger partial charge in [-0.3, -0.25) is 15.0 Å². The molecule has 6 heteroatoms. The molecule has 5 nitrogen and oxygen atoms in total. The van der Waals surface area contributed by atoms with Crippen molar-refractivity contribution in [3.63, 3.8) is 0 Å². The molecule has 0 saturated carbocycles. The molecule has 0 spiro atoms. The molecule has 1 fully saturated rings. The quantitative estimate of drug-likeness (QED) is 0.399. The highest BCUT2D eigenvalue weighted by Gasteiger charge is 2.23. The first-order valence-electron chi connectivity index (χ1n) is 11.1. The van der Waals surface area contributed by atoms with E-state index >= 15 is 0 Å². The number of H-pyrrole nitrogens is 2. The summed E-state index contributed by atoms with van der Waals surface area (Å²) in [5, 5.41) is 9.19. The summed E-state index contributed by atoms with van der Waals surface area (Å²) in [6, 6.07) is 9.01. The number of rotatable bonds is 5. The minimum Gasteiger partial charge on any atom is -0.354 e. The highest BCUT2D eigenvalue weighted by molar-refractivity contribution is 6.31. The highest BCUT2D eigenvalue weighted by Crippen LogP contribution is 2.38.